The van der Waals surface area contributed by atoms with Gasteiger partial charge in [-0.2, -0.15) is 26.3 Å². The van der Waals surface area contributed by atoms with Gasteiger partial charge < -0.3 is 29.2 Å². The van der Waals surface area contributed by atoms with Gasteiger partial charge in [0.15, 0.2) is 17.8 Å². The predicted octanol–water partition coefficient (Wildman–Crippen LogP) is 5.28. The lowest BCUT2D eigenvalue weighted by Crippen LogP contribution is -2.60. The van der Waals surface area contributed by atoms with Crippen LogP contribution in [0, 0.1) is 23.7 Å². The molecule has 0 radical (unpaired) electrons. The summed E-state index contributed by atoms with van der Waals surface area (Å²) in [6.45, 7) is 13.5. The molecule has 2 N–H and O–H groups in total. The van der Waals surface area contributed by atoms with Gasteiger partial charge in [-0.1, -0.05) is 6.58 Å². The van der Waals surface area contributed by atoms with Gasteiger partial charge in [-0.25, -0.2) is 9.59 Å². The lowest BCUT2D eigenvalue weighted by molar-refractivity contribution is -0.312. The Labute approximate surface area is 248 Å². The van der Waals surface area contributed by atoms with Crippen LogP contribution in [0.5, 0.6) is 0 Å². The zero-order valence-corrected chi connectivity index (χ0v) is 26.0. The first kappa shape index (κ1) is 37.3. The van der Waals surface area contributed by atoms with Crippen molar-refractivity contribution in [1.29, 1.82) is 0 Å². The maximum Gasteiger partial charge on any atom is 0.419 e. The first-order valence-electron chi connectivity index (χ1n) is 14.0. The van der Waals surface area contributed by atoms with E-state index in [1.165, 1.54) is 34.6 Å². The van der Waals surface area contributed by atoms with Gasteiger partial charge in [0.05, 0.1) is 23.4 Å². The van der Waals surface area contributed by atoms with Crippen LogP contribution < -0.4 is 0 Å². The fourth-order valence-electron chi connectivity index (χ4n) is 6.59. The van der Waals surface area contributed by atoms with Crippen molar-refractivity contribution in [3.63, 3.8) is 0 Å². The number of carbonyl (C=O) groups is 2. The average molecular weight is 635 g/mol. The molecule has 2 saturated carbocycles. The second kappa shape index (κ2) is 12.1. The van der Waals surface area contributed by atoms with Crippen molar-refractivity contribution >= 4 is 11.9 Å². The zero-order chi connectivity index (χ0) is 33.7. The molecule has 0 aromatic rings. The standard InChI is InChI=1S/C29H44F6O8/c1-14(2)23(37)40-13-20(36)41-19-12-17-11-18(19)22(25(7,8)43-16(4)27(10,39)29(33,34)35)21(17)24(5,6)42-15(3)26(9,38)28(30,31)32/h15-19,21-22,38-39H,1,11-13H2,2-10H3. The van der Waals surface area contributed by atoms with Crippen molar-refractivity contribution in [1.82, 2.24) is 0 Å². The van der Waals surface area contributed by atoms with Gasteiger partial charge in [0.2, 0.25) is 0 Å². The Hall–Kier alpha value is -1.90. The summed E-state index contributed by atoms with van der Waals surface area (Å²) in [5.41, 5.74) is -9.20. The monoisotopic (exact) mass is 634 g/mol. The summed E-state index contributed by atoms with van der Waals surface area (Å²) in [5, 5.41) is 20.5. The zero-order valence-electron chi connectivity index (χ0n) is 26.0. The summed E-state index contributed by atoms with van der Waals surface area (Å²) in [5.74, 6) is -3.89. The Morgan fingerprint density at radius 3 is 1.63 bits per heavy atom. The SMILES string of the molecule is C=C(C)C(=O)OCC(=O)OC1CC2CC1C(C(C)(C)OC(C)C(C)(O)C(F)(F)F)C2C(C)(C)OC(C)C(C)(O)C(F)(F)F. The van der Waals surface area contributed by atoms with Crippen LogP contribution in [-0.4, -0.2) is 81.8 Å². The Morgan fingerprint density at radius 2 is 1.23 bits per heavy atom. The van der Waals surface area contributed by atoms with E-state index in [0.29, 0.717) is 20.3 Å². The van der Waals surface area contributed by atoms with Gasteiger partial charge in [-0.15, -0.1) is 0 Å². The first-order valence-corrected chi connectivity index (χ1v) is 14.0. The third-order valence-electron chi connectivity index (χ3n) is 9.19. The maximum atomic E-state index is 13.6. The summed E-state index contributed by atoms with van der Waals surface area (Å²) in [6, 6.07) is 0. The Kier molecular flexibility index (Phi) is 10.5. The highest BCUT2D eigenvalue weighted by atomic mass is 19.4. The molecule has 0 heterocycles. The van der Waals surface area contributed by atoms with E-state index in [2.05, 4.69) is 6.58 Å². The van der Waals surface area contributed by atoms with Crippen LogP contribution >= 0.6 is 0 Å². The van der Waals surface area contributed by atoms with Crippen LogP contribution in [0.4, 0.5) is 26.3 Å². The molecule has 0 saturated heterocycles. The van der Waals surface area contributed by atoms with Crippen LogP contribution in [0.15, 0.2) is 12.2 Å². The maximum absolute atomic E-state index is 13.6. The summed E-state index contributed by atoms with van der Waals surface area (Å²) >= 11 is 0. The van der Waals surface area contributed by atoms with E-state index in [4.69, 9.17) is 18.9 Å². The number of rotatable bonds is 12. The van der Waals surface area contributed by atoms with Crippen LogP contribution in [0.3, 0.4) is 0 Å². The molecule has 0 aliphatic heterocycles. The molecule has 2 rings (SSSR count). The van der Waals surface area contributed by atoms with Crippen LogP contribution in [0.1, 0.15) is 75.2 Å². The Balaban J connectivity index is 2.43. The van der Waals surface area contributed by atoms with Crippen molar-refractivity contribution in [2.24, 2.45) is 23.7 Å². The number of ether oxygens (including phenoxy) is 4. The smallest absolute Gasteiger partial charge is 0.419 e. The highest BCUT2D eigenvalue weighted by molar-refractivity contribution is 5.88. The Bertz CT molecular complexity index is 1050. The van der Waals surface area contributed by atoms with Gasteiger partial charge in [0, 0.05) is 11.5 Å². The number of esters is 2. The number of aliphatic hydroxyl groups is 2. The van der Waals surface area contributed by atoms with Gasteiger partial charge in [-0.3, -0.25) is 0 Å². The summed E-state index contributed by atoms with van der Waals surface area (Å²) in [6.07, 6.45) is -13.7. The highest BCUT2D eigenvalue weighted by Crippen LogP contribution is 2.61. The number of hydrogen-bond donors (Lipinski definition) is 2. The van der Waals surface area contributed by atoms with E-state index in [1.807, 2.05) is 0 Å². The van der Waals surface area contributed by atoms with Gasteiger partial charge in [0.1, 0.15) is 6.10 Å². The van der Waals surface area contributed by atoms with Gasteiger partial charge >= 0.3 is 24.3 Å². The molecule has 0 amide bonds. The van der Waals surface area contributed by atoms with E-state index in [1.54, 1.807) is 0 Å². The van der Waals surface area contributed by atoms with Gasteiger partial charge in [0.25, 0.3) is 0 Å². The largest absolute Gasteiger partial charge is 0.460 e. The van der Waals surface area contributed by atoms with Crippen molar-refractivity contribution in [3.05, 3.63) is 12.2 Å². The molecule has 43 heavy (non-hydrogen) atoms. The van der Waals surface area contributed by atoms with E-state index in [9.17, 15) is 46.1 Å². The second-order valence-electron chi connectivity index (χ2n) is 13.3. The average Bonchev–Trinajstić information content (AvgIpc) is 3.39. The molecular formula is C29H44F6O8. The van der Waals surface area contributed by atoms with E-state index >= 15 is 0 Å². The predicted molar refractivity (Wildman–Crippen MR) is 141 cm³/mol. The first-order chi connectivity index (χ1) is 19.1. The number of carbonyl (C=O) groups excluding carboxylic acids is 2. The van der Waals surface area contributed by atoms with Crippen molar-refractivity contribution < 1.29 is 65.1 Å². The highest BCUT2D eigenvalue weighted by Gasteiger charge is 2.65. The van der Waals surface area contributed by atoms with Crippen LogP contribution in [-0.2, 0) is 28.5 Å². The van der Waals surface area contributed by atoms with Crippen molar-refractivity contribution in [2.75, 3.05) is 6.61 Å². The molecule has 250 valence electrons. The number of alkyl halides is 6. The van der Waals surface area contributed by atoms with Crippen LogP contribution in [0.2, 0.25) is 0 Å². The molecular weight excluding hydrogens is 590 g/mol. The lowest BCUT2D eigenvalue weighted by atomic mass is 9.64. The normalized spacial score (nSPS) is 28.9. The topological polar surface area (TPSA) is 112 Å². The molecule has 2 bridgehead atoms. The van der Waals surface area contributed by atoms with E-state index < -0.39 is 89.4 Å². The third-order valence-corrected chi connectivity index (χ3v) is 9.19. The third kappa shape index (κ3) is 7.67. The minimum absolute atomic E-state index is 0.0688. The van der Waals surface area contributed by atoms with Crippen LogP contribution in [0.25, 0.3) is 0 Å². The quantitative estimate of drug-likeness (QED) is 0.170. The molecule has 0 aromatic carbocycles. The fraction of sp³-hybridized carbons (Fsp3) is 0.862. The minimum atomic E-state index is -5.03. The molecule has 9 atom stereocenters. The van der Waals surface area contributed by atoms with Crippen molar-refractivity contribution in [2.45, 2.75) is 128 Å². The second-order valence-corrected chi connectivity index (χ2v) is 13.3. The lowest BCUT2D eigenvalue weighted by Gasteiger charge is -2.52. The minimum Gasteiger partial charge on any atom is -0.460 e. The molecule has 2 fully saturated rings. The molecule has 0 spiro atoms. The van der Waals surface area contributed by atoms with Gasteiger partial charge in [-0.05, 0) is 92.9 Å². The summed E-state index contributed by atoms with van der Waals surface area (Å²) in [4.78, 5) is 24.2. The molecule has 0 aromatic heterocycles. The summed E-state index contributed by atoms with van der Waals surface area (Å²) in [7, 11) is 0. The molecule has 8 nitrogen and oxygen atoms in total. The fourth-order valence-corrected chi connectivity index (χ4v) is 6.59. The molecule has 9 unspecified atom stereocenters. The summed E-state index contributed by atoms with van der Waals surface area (Å²) < 4.78 is 104. The number of fused-ring (bicyclic) bond motifs is 2. The molecule has 2 aliphatic carbocycles. The van der Waals surface area contributed by atoms with E-state index in [-0.39, 0.29) is 17.9 Å². The molecule has 14 heteroatoms. The number of halogens is 6. The Morgan fingerprint density at radius 1 is 0.814 bits per heavy atom. The molecule has 2 aliphatic rings. The van der Waals surface area contributed by atoms with Crippen molar-refractivity contribution in [3.8, 4) is 0 Å². The number of hydrogen-bond acceptors (Lipinski definition) is 8. The van der Waals surface area contributed by atoms with E-state index in [0.717, 1.165) is 13.8 Å².